The van der Waals surface area contributed by atoms with Gasteiger partial charge in [-0.25, -0.2) is 0 Å². The van der Waals surface area contributed by atoms with Gasteiger partial charge in [0.2, 0.25) is 0 Å². The summed E-state index contributed by atoms with van der Waals surface area (Å²) in [7, 11) is 0. The van der Waals surface area contributed by atoms with Crippen molar-refractivity contribution in [3.63, 3.8) is 0 Å². The molecule has 2 aliphatic heterocycles. The first-order chi connectivity index (χ1) is 8.22. The lowest BCUT2D eigenvalue weighted by molar-refractivity contribution is 0.0753. The molecule has 3 nitrogen and oxygen atoms in total. The van der Waals surface area contributed by atoms with Crippen LogP contribution in [-0.2, 0) is 0 Å². The van der Waals surface area contributed by atoms with Crippen LogP contribution in [0.15, 0.2) is 12.1 Å². The Morgan fingerprint density at radius 1 is 1.35 bits per heavy atom. The van der Waals surface area contributed by atoms with Crippen LogP contribution >= 0.6 is 22.9 Å². The zero-order valence-corrected chi connectivity index (χ0v) is 11.1. The number of amides is 1. The molecule has 1 aromatic heterocycles. The molecule has 5 heteroatoms. The van der Waals surface area contributed by atoms with Gasteiger partial charge in [0, 0.05) is 25.2 Å². The Balaban J connectivity index is 1.73. The first kappa shape index (κ1) is 11.5. The third-order valence-corrected chi connectivity index (χ3v) is 4.81. The molecule has 3 rings (SSSR count). The molecule has 2 saturated heterocycles. The second-order valence-corrected chi connectivity index (χ2v) is 6.50. The molecule has 0 aliphatic carbocycles. The third-order valence-electron chi connectivity index (χ3n) is 3.59. The van der Waals surface area contributed by atoms with Gasteiger partial charge in [-0.05, 0) is 31.4 Å². The van der Waals surface area contributed by atoms with E-state index < -0.39 is 0 Å². The summed E-state index contributed by atoms with van der Waals surface area (Å²) in [5.41, 5.74) is 0. The van der Waals surface area contributed by atoms with Crippen molar-refractivity contribution < 1.29 is 4.79 Å². The first-order valence-electron chi connectivity index (χ1n) is 6.03. The van der Waals surface area contributed by atoms with Gasteiger partial charge < -0.3 is 10.2 Å². The van der Waals surface area contributed by atoms with E-state index in [9.17, 15) is 4.79 Å². The highest BCUT2D eigenvalue weighted by molar-refractivity contribution is 7.17. The fourth-order valence-corrected chi connectivity index (χ4v) is 3.72. The third kappa shape index (κ3) is 2.34. The van der Waals surface area contributed by atoms with Crippen LogP contribution in [0.25, 0.3) is 0 Å². The number of halogens is 1. The lowest BCUT2D eigenvalue weighted by Gasteiger charge is -2.23. The maximum Gasteiger partial charge on any atom is 0.264 e. The second-order valence-electron chi connectivity index (χ2n) is 4.78. The number of hydrogen-bond acceptors (Lipinski definition) is 3. The molecule has 0 aromatic carbocycles. The Morgan fingerprint density at radius 2 is 2.18 bits per heavy atom. The maximum absolute atomic E-state index is 12.3. The lowest BCUT2D eigenvalue weighted by atomic mass is 10.1. The van der Waals surface area contributed by atoms with E-state index >= 15 is 0 Å². The van der Waals surface area contributed by atoms with Crippen molar-refractivity contribution in [2.45, 2.75) is 31.3 Å². The monoisotopic (exact) mass is 270 g/mol. The lowest BCUT2D eigenvalue weighted by Crippen LogP contribution is -2.38. The van der Waals surface area contributed by atoms with Gasteiger partial charge in [-0.1, -0.05) is 11.6 Å². The Kier molecular flexibility index (Phi) is 3.11. The molecule has 0 saturated carbocycles. The van der Waals surface area contributed by atoms with Gasteiger partial charge in [-0.2, -0.15) is 0 Å². The van der Waals surface area contributed by atoms with Crippen molar-refractivity contribution in [2.24, 2.45) is 0 Å². The molecule has 1 aromatic rings. The summed E-state index contributed by atoms with van der Waals surface area (Å²) in [6, 6.07) is 4.72. The zero-order valence-electron chi connectivity index (χ0n) is 9.49. The normalized spacial score (nSPS) is 28.2. The summed E-state index contributed by atoms with van der Waals surface area (Å²) in [6.45, 7) is 1.70. The van der Waals surface area contributed by atoms with Crippen LogP contribution in [0.2, 0.25) is 4.34 Å². The number of hydrogen-bond donors (Lipinski definition) is 1. The highest BCUT2D eigenvalue weighted by Gasteiger charge is 2.31. The van der Waals surface area contributed by atoms with E-state index in [1.54, 1.807) is 6.07 Å². The smallest absolute Gasteiger partial charge is 0.264 e. The van der Waals surface area contributed by atoms with Gasteiger partial charge in [0.15, 0.2) is 0 Å². The van der Waals surface area contributed by atoms with Crippen LogP contribution in [0.5, 0.6) is 0 Å². The molecule has 1 amide bonds. The van der Waals surface area contributed by atoms with E-state index in [1.807, 2.05) is 11.0 Å². The van der Waals surface area contributed by atoms with Gasteiger partial charge in [0.1, 0.15) is 0 Å². The molecule has 0 spiro atoms. The van der Waals surface area contributed by atoms with Gasteiger partial charge >= 0.3 is 0 Å². The number of carbonyl (C=O) groups is 1. The van der Waals surface area contributed by atoms with Crippen molar-refractivity contribution in [1.82, 2.24) is 10.2 Å². The SMILES string of the molecule is O=C(c1ccc(Cl)s1)N1CCC2CCC(C1)N2. The number of carbonyl (C=O) groups excluding carboxylic acids is 1. The summed E-state index contributed by atoms with van der Waals surface area (Å²) in [5.74, 6) is 0.135. The number of thiophene rings is 1. The van der Waals surface area contributed by atoms with Crippen LogP contribution < -0.4 is 5.32 Å². The molecule has 3 heterocycles. The van der Waals surface area contributed by atoms with Gasteiger partial charge in [-0.15, -0.1) is 11.3 Å². The Hall–Kier alpha value is -0.580. The summed E-state index contributed by atoms with van der Waals surface area (Å²) in [4.78, 5) is 15.0. The largest absolute Gasteiger partial charge is 0.336 e. The summed E-state index contributed by atoms with van der Waals surface area (Å²) in [6.07, 6.45) is 3.53. The number of nitrogens with one attached hydrogen (secondary N) is 1. The van der Waals surface area contributed by atoms with E-state index in [0.717, 1.165) is 24.4 Å². The first-order valence-corrected chi connectivity index (χ1v) is 7.22. The zero-order chi connectivity index (χ0) is 11.8. The molecular weight excluding hydrogens is 256 g/mol. The van der Waals surface area contributed by atoms with Gasteiger partial charge in [0.25, 0.3) is 5.91 Å². The summed E-state index contributed by atoms with van der Waals surface area (Å²) < 4.78 is 0.683. The van der Waals surface area contributed by atoms with E-state index in [-0.39, 0.29) is 5.91 Å². The van der Waals surface area contributed by atoms with Crippen LogP contribution in [0.4, 0.5) is 0 Å². The van der Waals surface area contributed by atoms with Crippen LogP contribution in [0.3, 0.4) is 0 Å². The van der Waals surface area contributed by atoms with E-state index in [1.165, 1.54) is 24.2 Å². The molecular formula is C12H15ClN2OS. The quantitative estimate of drug-likeness (QED) is 0.850. The predicted molar refractivity (Wildman–Crippen MR) is 69.8 cm³/mol. The molecule has 92 valence electrons. The second kappa shape index (κ2) is 4.59. The van der Waals surface area contributed by atoms with Crippen molar-refractivity contribution in [3.05, 3.63) is 21.3 Å². The number of likely N-dealkylation sites (tertiary alicyclic amines) is 1. The average Bonchev–Trinajstić information content (AvgIpc) is 2.84. The topological polar surface area (TPSA) is 32.3 Å². The van der Waals surface area contributed by atoms with Crippen molar-refractivity contribution >= 4 is 28.8 Å². The maximum atomic E-state index is 12.3. The molecule has 2 aliphatic rings. The van der Waals surface area contributed by atoms with Gasteiger partial charge in [-0.3, -0.25) is 4.79 Å². The van der Waals surface area contributed by atoms with Crippen molar-refractivity contribution in [2.75, 3.05) is 13.1 Å². The number of rotatable bonds is 1. The summed E-state index contributed by atoms with van der Waals surface area (Å²) in [5, 5.41) is 3.58. The minimum absolute atomic E-state index is 0.135. The summed E-state index contributed by atoms with van der Waals surface area (Å²) >= 11 is 7.24. The molecule has 2 atom stereocenters. The Bertz CT molecular complexity index is 434. The molecule has 2 unspecified atom stereocenters. The molecule has 0 radical (unpaired) electrons. The minimum atomic E-state index is 0.135. The average molecular weight is 271 g/mol. The Labute approximate surface area is 110 Å². The van der Waals surface area contributed by atoms with Crippen molar-refractivity contribution in [1.29, 1.82) is 0 Å². The molecule has 2 bridgehead atoms. The highest BCUT2D eigenvalue weighted by atomic mass is 35.5. The number of nitrogens with zero attached hydrogens (tertiary/aromatic N) is 1. The Morgan fingerprint density at radius 3 is 2.94 bits per heavy atom. The van der Waals surface area contributed by atoms with Gasteiger partial charge in [0.05, 0.1) is 9.21 Å². The fourth-order valence-electron chi connectivity index (χ4n) is 2.71. The molecule has 17 heavy (non-hydrogen) atoms. The van der Waals surface area contributed by atoms with E-state index in [0.29, 0.717) is 16.4 Å². The fraction of sp³-hybridized carbons (Fsp3) is 0.583. The van der Waals surface area contributed by atoms with Crippen LogP contribution in [-0.4, -0.2) is 36.0 Å². The van der Waals surface area contributed by atoms with Crippen LogP contribution in [0.1, 0.15) is 28.9 Å². The number of fused-ring (bicyclic) bond motifs is 2. The van der Waals surface area contributed by atoms with Crippen molar-refractivity contribution in [3.8, 4) is 0 Å². The predicted octanol–water partition coefficient (Wildman–Crippen LogP) is 2.37. The highest BCUT2D eigenvalue weighted by Crippen LogP contribution is 2.25. The van der Waals surface area contributed by atoms with E-state index in [4.69, 9.17) is 11.6 Å². The molecule has 2 fully saturated rings. The minimum Gasteiger partial charge on any atom is -0.336 e. The van der Waals surface area contributed by atoms with E-state index in [2.05, 4.69) is 5.32 Å². The standard InChI is InChI=1S/C12H15ClN2OS/c13-11-4-3-10(17-11)12(16)15-6-5-8-1-2-9(7-15)14-8/h3-4,8-9,14H,1-2,5-7H2. The molecule has 1 N–H and O–H groups in total. The van der Waals surface area contributed by atoms with Crippen LogP contribution in [0, 0.1) is 0 Å².